The van der Waals surface area contributed by atoms with Crippen LogP contribution in [0.4, 0.5) is 0 Å². The van der Waals surface area contributed by atoms with Crippen molar-refractivity contribution in [3.05, 3.63) is 47.1 Å². The van der Waals surface area contributed by atoms with Crippen molar-refractivity contribution in [3.63, 3.8) is 0 Å². The van der Waals surface area contributed by atoms with Crippen LogP contribution in [-0.4, -0.2) is 70.9 Å². The molecule has 2 aliphatic rings. The van der Waals surface area contributed by atoms with Crippen molar-refractivity contribution in [3.8, 4) is 0 Å². The Bertz CT molecular complexity index is 937. The molecule has 0 N–H and O–H groups in total. The molecule has 0 aromatic carbocycles. The third-order valence-corrected chi connectivity index (χ3v) is 7.09. The zero-order valence-corrected chi connectivity index (χ0v) is 16.1. The fraction of sp³-hybridized carbons (Fsp3) is 0.500. The summed E-state index contributed by atoms with van der Waals surface area (Å²) in [5.41, 5.74) is 1.87. The molecule has 0 aliphatic carbocycles. The minimum atomic E-state index is -3.20. The molecule has 144 valence electrons. The molecule has 0 radical (unpaired) electrons. The predicted octanol–water partition coefficient (Wildman–Crippen LogP) is 0.810. The van der Waals surface area contributed by atoms with Crippen LogP contribution in [0.2, 0.25) is 0 Å². The Labute approximate surface area is 158 Å². The van der Waals surface area contributed by atoms with E-state index in [2.05, 4.69) is 15.0 Å². The first-order valence-electron chi connectivity index (χ1n) is 8.94. The van der Waals surface area contributed by atoms with Gasteiger partial charge in [-0.3, -0.25) is 14.7 Å². The van der Waals surface area contributed by atoms with E-state index in [0.29, 0.717) is 36.7 Å². The number of carbonyl (C=O) groups is 1. The van der Waals surface area contributed by atoms with E-state index in [1.807, 2.05) is 18.2 Å². The highest BCUT2D eigenvalue weighted by molar-refractivity contribution is 7.91. The van der Waals surface area contributed by atoms with Crippen LogP contribution < -0.4 is 0 Å². The van der Waals surface area contributed by atoms with Crippen molar-refractivity contribution in [1.82, 2.24) is 19.9 Å². The molecule has 2 aromatic heterocycles. The molecule has 8 nitrogen and oxygen atoms in total. The third-order valence-electron chi connectivity index (χ3n) is 5.39. The smallest absolute Gasteiger partial charge is 0.259 e. The molecule has 2 fully saturated rings. The standard InChI is InChI=1S/C18H22N4O4S/c1-12-17(13(2)26-20-12)18(23)22-8-7-21(9-14-5-3-4-6-19-14)15-10-27(24,25)11-16(15)22/h3-6,15-16H,7-11H2,1-2H3/t15-,16+/m1/s1. The highest BCUT2D eigenvalue weighted by Crippen LogP contribution is 2.30. The minimum absolute atomic E-state index is 0.00843. The van der Waals surface area contributed by atoms with Crippen LogP contribution >= 0.6 is 0 Å². The largest absolute Gasteiger partial charge is 0.361 e. The number of hydrogen-bond donors (Lipinski definition) is 0. The first kappa shape index (κ1) is 18.1. The monoisotopic (exact) mass is 390 g/mol. The number of nitrogens with zero attached hydrogens (tertiary/aromatic N) is 4. The van der Waals surface area contributed by atoms with Crippen molar-refractivity contribution in [2.24, 2.45) is 0 Å². The zero-order valence-electron chi connectivity index (χ0n) is 15.3. The van der Waals surface area contributed by atoms with Crippen LogP contribution in [0.25, 0.3) is 0 Å². The Hall–Kier alpha value is -2.26. The molecular formula is C18H22N4O4S. The second-order valence-electron chi connectivity index (χ2n) is 7.20. The Morgan fingerprint density at radius 1 is 1.22 bits per heavy atom. The lowest BCUT2D eigenvalue weighted by atomic mass is 10.0. The van der Waals surface area contributed by atoms with E-state index in [4.69, 9.17) is 4.52 Å². The number of rotatable bonds is 3. The van der Waals surface area contributed by atoms with Gasteiger partial charge in [-0.15, -0.1) is 0 Å². The number of carbonyl (C=O) groups excluding carboxylic acids is 1. The summed E-state index contributed by atoms with van der Waals surface area (Å²) in [6.45, 7) is 5.07. The van der Waals surface area contributed by atoms with E-state index >= 15 is 0 Å². The molecule has 9 heteroatoms. The van der Waals surface area contributed by atoms with E-state index in [0.717, 1.165) is 5.69 Å². The number of sulfone groups is 1. The predicted molar refractivity (Wildman–Crippen MR) is 97.9 cm³/mol. The number of amides is 1. The average molecular weight is 390 g/mol. The molecule has 0 unspecified atom stereocenters. The number of hydrogen-bond acceptors (Lipinski definition) is 7. The van der Waals surface area contributed by atoms with Gasteiger partial charge >= 0.3 is 0 Å². The van der Waals surface area contributed by atoms with Crippen LogP contribution in [0.15, 0.2) is 28.9 Å². The van der Waals surface area contributed by atoms with Gasteiger partial charge in [-0.25, -0.2) is 8.42 Å². The second kappa shape index (κ2) is 6.72. The number of aryl methyl sites for hydroxylation is 2. The molecule has 2 saturated heterocycles. The third kappa shape index (κ3) is 3.37. The molecule has 2 aliphatic heterocycles. The lowest BCUT2D eigenvalue weighted by Crippen LogP contribution is -2.60. The van der Waals surface area contributed by atoms with E-state index in [-0.39, 0.29) is 29.5 Å². The molecule has 1 amide bonds. The summed E-state index contributed by atoms with van der Waals surface area (Å²) in [5.74, 6) is 0.322. The van der Waals surface area contributed by atoms with E-state index < -0.39 is 9.84 Å². The average Bonchev–Trinajstić information content (AvgIpc) is 3.13. The topological polar surface area (TPSA) is 96.6 Å². The van der Waals surface area contributed by atoms with Crippen molar-refractivity contribution in [1.29, 1.82) is 0 Å². The maximum absolute atomic E-state index is 13.1. The molecule has 0 spiro atoms. The summed E-state index contributed by atoms with van der Waals surface area (Å²) >= 11 is 0. The van der Waals surface area contributed by atoms with Crippen LogP contribution in [-0.2, 0) is 16.4 Å². The SMILES string of the molecule is Cc1noc(C)c1C(=O)N1CCN(Cc2ccccn2)[C@@H]2CS(=O)(=O)C[C@@H]21. The zero-order chi connectivity index (χ0) is 19.2. The highest BCUT2D eigenvalue weighted by atomic mass is 32.2. The van der Waals surface area contributed by atoms with Gasteiger partial charge in [-0.2, -0.15) is 0 Å². The summed E-state index contributed by atoms with van der Waals surface area (Å²) in [6.07, 6.45) is 1.73. The van der Waals surface area contributed by atoms with Crippen LogP contribution in [0.5, 0.6) is 0 Å². The summed E-state index contributed by atoms with van der Waals surface area (Å²) < 4.78 is 29.9. The molecule has 2 aromatic rings. The minimum Gasteiger partial charge on any atom is -0.361 e. The quantitative estimate of drug-likeness (QED) is 0.765. The van der Waals surface area contributed by atoms with Crippen LogP contribution in [0, 0.1) is 13.8 Å². The fourth-order valence-electron chi connectivity index (χ4n) is 4.10. The summed E-state index contributed by atoms with van der Waals surface area (Å²) in [7, 11) is -3.20. The number of piperazine rings is 1. The van der Waals surface area contributed by atoms with Crippen molar-refractivity contribution >= 4 is 15.7 Å². The van der Waals surface area contributed by atoms with Crippen LogP contribution in [0.3, 0.4) is 0 Å². The van der Waals surface area contributed by atoms with Gasteiger partial charge in [0.15, 0.2) is 9.84 Å². The highest BCUT2D eigenvalue weighted by Gasteiger charge is 2.48. The maximum atomic E-state index is 13.1. The van der Waals surface area contributed by atoms with Gasteiger partial charge in [0, 0.05) is 31.9 Å². The van der Waals surface area contributed by atoms with Crippen molar-refractivity contribution in [2.45, 2.75) is 32.5 Å². The van der Waals surface area contributed by atoms with Gasteiger partial charge in [-0.1, -0.05) is 11.2 Å². The molecular weight excluding hydrogens is 368 g/mol. The van der Waals surface area contributed by atoms with Gasteiger partial charge in [-0.05, 0) is 26.0 Å². The normalized spacial score (nSPS) is 24.7. The molecule has 2 atom stereocenters. The first-order chi connectivity index (χ1) is 12.9. The lowest BCUT2D eigenvalue weighted by molar-refractivity contribution is 0.0300. The lowest BCUT2D eigenvalue weighted by Gasteiger charge is -2.43. The Kier molecular flexibility index (Phi) is 4.51. The van der Waals surface area contributed by atoms with Gasteiger partial charge in [0.25, 0.3) is 5.91 Å². The van der Waals surface area contributed by atoms with Gasteiger partial charge < -0.3 is 9.42 Å². The summed E-state index contributed by atoms with van der Waals surface area (Å²) in [6, 6.07) is 5.11. The molecule has 0 bridgehead atoms. The fourth-order valence-corrected chi connectivity index (χ4v) is 6.12. The number of pyridine rings is 1. The van der Waals surface area contributed by atoms with Crippen molar-refractivity contribution < 1.29 is 17.7 Å². The molecule has 27 heavy (non-hydrogen) atoms. The van der Waals surface area contributed by atoms with E-state index in [1.165, 1.54) is 0 Å². The first-order valence-corrected chi connectivity index (χ1v) is 10.8. The summed E-state index contributed by atoms with van der Waals surface area (Å²) in [5, 5.41) is 3.86. The van der Waals surface area contributed by atoms with Crippen molar-refractivity contribution in [2.75, 3.05) is 24.6 Å². The summed E-state index contributed by atoms with van der Waals surface area (Å²) in [4.78, 5) is 21.3. The molecule has 0 saturated carbocycles. The van der Waals surface area contributed by atoms with Crippen LogP contribution in [0.1, 0.15) is 27.5 Å². The van der Waals surface area contributed by atoms with Gasteiger partial charge in [0.2, 0.25) is 0 Å². The molecule has 4 rings (SSSR count). The maximum Gasteiger partial charge on any atom is 0.259 e. The van der Waals surface area contributed by atoms with Gasteiger partial charge in [0.05, 0.1) is 28.9 Å². The Balaban J connectivity index is 1.61. The van der Waals surface area contributed by atoms with E-state index in [1.54, 1.807) is 24.9 Å². The second-order valence-corrected chi connectivity index (χ2v) is 9.35. The van der Waals surface area contributed by atoms with E-state index in [9.17, 15) is 13.2 Å². The number of fused-ring (bicyclic) bond motifs is 1. The Morgan fingerprint density at radius 3 is 2.67 bits per heavy atom. The molecule has 4 heterocycles. The Morgan fingerprint density at radius 2 is 2.00 bits per heavy atom. The van der Waals surface area contributed by atoms with Gasteiger partial charge in [0.1, 0.15) is 11.3 Å². The number of aromatic nitrogens is 2.